The Kier molecular flexibility index (Phi) is 5.50. The quantitative estimate of drug-likeness (QED) is 0.762. The molecule has 1 atom stereocenters. The predicted molar refractivity (Wildman–Crippen MR) is 105 cm³/mol. The summed E-state index contributed by atoms with van der Waals surface area (Å²) in [5.41, 5.74) is 1.02. The molecule has 4 rings (SSSR count). The van der Waals surface area contributed by atoms with E-state index in [2.05, 4.69) is 6.07 Å². The second kappa shape index (κ2) is 8.19. The molecule has 1 aromatic carbocycles. The van der Waals surface area contributed by atoms with Crippen LogP contribution in [-0.2, 0) is 14.3 Å². The molecule has 0 N–H and O–H groups in total. The molecule has 2 amide bonds. The van der Waals surface area contributed by atoms with E-state index in [0.717, 1.165) is 29.9 Å². The maximum absolute atomic E-state index is 12.6. The number of aromatic nitrogens is 1. The van der Waals surface area contributed by atoms with Crippen LogP contribution in [0.25, 0.3) is 10.2 Å². The largest absolute Gasteiger partial charge is 0.378 e. The summed E-state index contributed by atoms with van der Waals surface area (Å²) in [4.78, 5) is 33.0. The topological polar surface area (TPSA) is 62.7 Å². The summed E-state index contributed by atoms with van der Waals surface area (Å²) in [5, 5.41) is 1.10. The van der Waals surface area contributed by atoms with Gasteiger partial charge in [0.25, 0.3) is 0 Å². The van der Waals surface area contributed by atoms with Crippen molar-refractivity contribution in [3.8, 4) is 0 Å². The Balaban J connectivity index is 1.39. The average molecular weight is 385 g/mol. The van der Waals surface area contributed by atoms with E-state index in [4.69, 9.17) is 9.72 Å². The molecule has 0 spiro atoms. The first-order chi connectivity index (χ1) is 13.2. The van der Waals surface area contributed by atoms with Gasteiger partial charge in [0.15, 0.2) is 0 Å². The normalized spacial score (nSPS) is 21.1. The van der Waals surface area contributed by atoms with Gasteiger partial charge in [0.1, 0.15) is 0 Å². The minimum absolute atomic E-state index is 0.0950. The van der Waals surface area contributed by atoms with Crippen molar-refractivity contribution in [3.05, 3.63) is 41.4 Å². The Labute approximate surface area is 162 Å². The average Bonchev–Trinajstić information content (AvgIpc) is 3.17. The Morgan fingerprint density at radius 3 is 2.59 bits per heavy atom. The van der Waals surface area contributed by atoms with Crippen LogP contribution in [-0.4, -0.2) is 66.0 Å². The number of benzene rings is 1. The van der Waals surface area contributed by atoms with Crippen LogP contribution >= 0.6 is 11.3 Å². The van der Waals surface area contributed by atoms with Crippen LogP contribution in [0.5, 0.6) is 0 Å². The highest BCUT2D eigenvalue weighted by molar-refractivity contribution is 7.18. The molecule has 2 aromatic rings. The van der Waals surface area contributed by atoms with E-state index < -0.39 is 0 Å². The molecule has 1 aromatic heterocycles. The van der Waals surface area contributed by atoms with Gasteiger partial charge in [0.2, 0.25) is 11.8 Å². The number of para-hydroxylation sites is 1. The van der Waals surface area contributed by atoms with Crippen LogP contribution < -0.4 is 0 Å². The number of piperidine rings is 1. The summed E-state index contributed by atoms with van der Waals surface area (Å²) in [7, 11) is 0. The Hall–Kier alpha value is -2.25. The summed E-state index contributed by atoms with van der Waals surface area (Å²) in [6.45, 7) is 3.68. The fourth-order valence-electron chi connectivity index (χ4n) is 3.58. The van der Waals surface area contributed by atoms with Crippen LogP contribution in [0.1, 0.15) is 23.8 Å². The number of hydrogen-bond acceptors (Lipinski definition) is 5. The lowest BCUT2D eigenvalue weighted by Gasteiger charge is -2.31. The zero-order valence-electron chi connectivity index (χ0n) is 15.2. The molecular formula is C20H23N3O3S. The van der Waals surface area contributed by atoms with Gasteiger partial charge in [-0.25, -0.2) is 4.98 Å². The van der Waals surface area contributed by atoms with Crippen molar-refractivity contribution >= 4 is 33.4 Å². The molecule has 27 heavy (non-hydrogen) atoms. The number of fused-ring (bicyclic) bond motifs is 1. The first-order valence-electron chi connectivity index (χ1n) is 9.40. The van der Waals surface area contributed by atoms with Crippen molar-refractivity contribution in [3.63, 3.8) is 0 Å². The number of hydrogen-bond donors (Lipinski definition) is 0. The third kappa shape index (κ3) is 4.20. The van der Waals surface area contributed by atoms with Crippen LogP contribution in [0.15, 0.2) is 36.4 Å². The van der Waals surface area contributed by atoms with Crippen LogP contribution in [0.4, 0.5) is 0 Å². The molecule has 2 saturated heterocycles. The maximum Gasteiger partial charge on any atom is 0.246 e. The van der Waals surface area contributed by atoms with Crippen LogP contribution in [0.2, 0.25) is 0 Å². The smallest absolute Gasteiger partial charge is 0.246 e. The molecule has 0 radical (unpaired) electrons. The van der Waals surface area contributed by atoms with E-state index in [9.17, 15) is 9.59 Å². The Morgan fingerprint density at radius 1 is 1.07 bits per heavy atom. The fraction of sp³-hybridized carbons (Fsp3) is 0.450. The molecule has 7 heteroatoms. The van der Waals surface area contributed by atoms with Gasteiger partial charge in [-0.15, -0.1) is 11.3 Å². The third-order valence-electron chi connectivity index (χ3n) is 5.08. The number of carbonyl (C=O) groups is 2. The molecule has 0 aliphatic carbocycles. The first-order valence-corrected chi connectivity index (χ1v) is 10.2. The van der Waals surface area contributed by atoms with Crippen LogP contribution in [0, 0.1) is 0 Å². The lowest BCUT2D eigenvalue weighted by Crippen LogP contribution is -2.40. The van der Waals surface area contributed by atoms with Crippen molar-refractivity contribution in [1.82, 2.24) is 14.8 Å². The molecule has 0 unspecified atom stereocenters. The number of morpholine rings is 1. The Morgan fingerprint density at radius 2 is 1.81 bits per heavy atom. The molecule has 6 nitrogen and oxygen atoms in total. The number of amides is 2. The number of likely N-dealkylation sites (tertiary alicyclic amines) is 1. The zero-order valence-corrected chi connectivity index (χ0v) is 16.0. The highest BCUT2D eigenvalue weighted by Crippen LogP contribution is 2.32. The second-order valence-corrected chi connectivity index (χ2v) is 7.98. The monoisotopic (exact) mass is 385 g/mol. The van der Waals surface area contributed by atoms with Gasteiger partial charge < -0.3 is 14.5 Å². The van der Waals surface area contributed by atoms with Crippen molar-refractivity contribution in [2.24, 2.45) is 0 Å². The van der Waals surface area contributed by atoms with E-state index in [1.807, 2.05) is 23.1 Å². The minimum atomic E-state index is -0.119. The molecule has 0 bridgehead atoms. The summed E-state index contributed by atoms with van der Waals surface area (Å²) < 4.78 is 6.44. The van der Waals surface area contributed by atoms with E-state index in [-0.39, 0.29) is 17.7 Å². The van der Waals surface area contributed by atoms with Gasteiger partial charge >= 0.3 is 0 Å². The summed E-state index contributed by atoms with van der Waals surface area (Å²) >= 11 is 1.71. The van der Waals surface area contributed by atoms with E-state index in [1.165, 1.54) is 16.9 Å². The van der Waals surface area contributed by atoms with Gasteiger partial charge in [0, 0.05) is 44.2 Å². The zero-order chi connectivity index (χ0) is 18.6. The van der Waals surface area contributed by atoms with E-state index in [1.54, 1.807) is 16.2 Å². The van der Waals surface area contributed by atoms with Crippen LogP contribution in [0.3, 0.4) is 0 Å². The number of rotatable bonds is 3. The standard InChI is InChI=1S/C20H23N3O3S/c24-18(22-10-12-26-13-11-22)7-8-19(25)23-9-3-4-15(14-23)20-21-16-5-1-2-6-17(16)27-20/h1-2,5-8,15H,3-4,9-14H2/b8-7+/t15-/m1/s1. The van der Waals surface area contributed by atoms with E-state index in [0.29, 0.717) is 32.8 Å². The van der Waals surface area contributed by atoms with Gasteiger partial charge in [0.05, 0.1) is 28.4 Å². The number of nitrogens with zero attached hydrogens (tertiary/aromatic N) is 3. The number of ether oxygens (including phenoxy) is 1. The molecule has 2 fully saturated rings. The fourth-order valence-corrected chi connectivity index (χ4v) is 4.67. The third-order valence-corrected chi connectivity index (χ3v) is 6.28. The van der Waals surface area contributed by atoms with Crippen molar-refractivity contribution in [1.29, 1.82) is 0 Å². The second-order valence-electron chi connectivity index (χ2n) is 6.91. The predicted octanol–water partition coefficient (Wildman–Crippen LogP) is 2.42. The molecular weight excluding hydrogens is 362 g/mol. The van der Waals surface area contributed by atoms with Gasteiger partial charge in [-0.3, -0.25) is 9.59 Å². The molecule has 2 aliphatic heterocycles. The van der Waals surface area contributed by atoms with Crippen molar-refractivity contribution in [2.45, 2.75) is 18.8 Å². The lowest BCUT2D eigenvalue weighted by atomic mass is 9.98. The molecule has 142 valence electrons. The SMILES string of the molecule is O=C(/C=C/C(=O)N1CCC[C@@H](c2nc3ccccc3s2)C1)N1CCOCC1. The van der Waals surface area contributed by atoms with E-state index >= 15 is 0 Å². The maximum atomic E-state index is 12.6. The summed E-state index contributed by atoms with van der Waals surface area (Å²) in [5.74, 6) is 0.0530. The van der Waals surface area contributed by atoms with Gasteiger partial charge in [-0.2, -0.15) is 0 Å². The molecule has 3 heterocycles. The van der Waals surface area contributed by atoms with Gasteiger partial charge in [-0.1, -0.05) is 12.1 Å². The van der Waals surface area contributed by atoms with Gasteiger partial charge in [-0.05, 0) is 25.0 Å². The summed E-state index contributed by atoms with van der Waals surface area (Å²) in [6, 6.07) is 8.14. The number of carbonyl (C=O) groups excluding carboxylic acids is 2. The first kappa shape index (κ1) is 18.1. The Bertz CT molecular complexity index is 824. The molecule has 0 saturated carbocycles. The minimum Gasteiger partial charge on any atom is -0.378 e. The number of thiazole rings is 1. The molecule has 2 aliphatic rings. The summed E-state index contributed by atoms with van der Waals surface area (Å²) in [6.07, 6.45) is 4.81. The lowest BCUT2D eigenvalue weighted by molar-refractivity contribution is -0.131. The highest BCUT2D eigenvalue weighted by atomic mass is 32.1. The highest BCUT2D eigenvalue weighted by Gasteiger charge is 2.26. The van der Waals surface area contributed by atoms with Crippen molar-refractivity contribution in [2.75, 3.05) is 39.4 Å². The van der Waals surface area contributed by atoms with Crippen molar-refractivity contribution < 1.29 is 14.3 Å².